The number of hydrogen-bond donors (Lipinski definition) is 0. The van der Waals surface area contributed by atoms with Crippen LogP contribution in [0.15, 0.2) is 42.5 Å². The van der Waals surface area contributed by atoms with E-state index in [2.05, 4.69) is 0 Å². The van der Waals surface area contributed by atoms with E-state index in [0.717, 1.165) is 29.5 Å². The fraction of sp³-hybridized carbons (Fsp3) is 0.467. The standard InChI is InChI=1S/C30H33ClO9/c1-16(32)36-15-26-28(37-17(2)33)30(39-19(4)35)29(38-18(3)34)27(40-26)23-11-12-25(31)24(14-23)13-20-5-7-21(8-6-20)22-9-10-22/h5-8,11-12,14,22,26-30H,9-10,13,15H2,1-4H3/t26-,27+,28-,29+,30+/m1/s1/i22D. The third-order valence-corrected chi connectivity index (χ3v) is 7.01. The second-order valence-corrected chi connectivity index (χ2v) is 10.4. The Morgan fingerprint density at radius 1 is 0.825 bits per heavy atom. The first kappa shape index (κ1) is 28.1. The molecule has 214 valence electrons. The minimum Gasteiger partial charge on any atom is -0.463 e. The first-order chi connectivity index (χ1) is 19.4. The molecule has 0 aromatic heterocycles. The Labute approximate surface area is 239 Å². The molecule has 2 aliphatic rings. The molecule has 1 aliphatic carbocycles. The summed E-state index contributed by atoms with van der Waals surface area (Å²) in [7, 11) is 0. The van der Waals surface area contributed by atoms with Crippen LogP contribution in [0.4, 0.5) is 0 Å². The topological polar surface area (TPSA) is 114 Å². The van der Waals surface area contributed by atoms with Crippen LogP contribution in [0.5, 0.6) is 0 Å². The zero-order valence-corrected chi connectivity index (χ0v) is 23.6. The van der Waals surface area contributed by atoms with Gasteiger partial charge in [-0.05, 0) is 53.5 Å². The van der Waals surface area contributed by atoms with E-state index >= 15 is 0 Å². The van der Waals surface area contributed by atoms with Gasteiger partial charge < -0.3 is 23.7 Å². The van der Waals surface area contributed by atoms with Gasteiger partial charge in [-0.3, -0.25) is 19.2 Å². The number of esters is 4. The summed E-state index contributed by atoms with van der Waals surface area (Å²) in [5.41, 5.74) is 3.29. The molecule has 10 heteroatoms. The quantitative estimate of drug-likeness (QED) is 0.313. The van der Waals surface area contributed by atoms with Crippen LogP contribution in [0.1, 0.15) is 76.2 Å². The van der Waals surface area contributed by atoms with Gasteiger partial charge in [-0.15, -0.1) is 0 Å². The molecule has 2 aromatic carbocycles. The summed E-state index contributed by atoms with van der Waals surface area (Å²) in [6.07, 6.45) is -3.54. The van der Waals surface area contributed by atoms with Crippen LogP contribution in [0.25, 0.3) is 0 Å². The van der Waals surface area contributed by atoms with Crippen molar-refractivity contribution in [2.24, 2.45) is 0 Å². The number of benzene rings is 2. The second-order valence-electron chi connectivity index (χ2n) is 9.95. The third kappa shape index (κ3) is 7.61. The van der Waals surface area contributed by atoms with E-state index in [1.807, 2.05) is 30.3 Å². The van der Waals surface area contributed by atoms with Gasteiger partial charge in [0, 0.05) is 34.1 Å². The van der Waals surface area contributed by atoms with Crippen LogP contribution < -0.4 is 0 Å². The van der Waals surface area contributed by atoms with Crippen molar-refractivity contribution in [2.75, 3.05) is 6.61 Å². The highest BCUT2D eigenvalue weighted by molar-refractivity contribution is 6.31. The van der Waals surface area contributed by atoms with Crippen molar-refractivity contribution in [3.63, 3.8) is 0 Å². The Balaban J connectivity index is 1.70. The van der Waals surface area contributed by atoms with Gasteiger partial charge in [0.2, 0.25) is 0 Å². The molecule has 1 saturated heterocycles. The van der Waals surface area contributed by atoms with Gasteiger partial charge in [0.1, 0.15) is 18.8 Å². The Morgan fingerprint density at radius 2 is 1.40 bits per heavy atom. The molecule has 0 radical (unpaired) electrons. The van der Waals surface area contributed by atoms with Crippen molar-refractivity contribution in [1.82, 2.24) is 0 Å². The van der Waals surface area contributed by atoms with E-state index in [-0.39, 0.29) is 6.61 Å². The molecule has 5 atom stereocenters. The highest BCUT2D eigenvalue weighted by Gasteiger charge is 2.52. The van der Waals surface area contributed by atoms with E-state index in [9.17, 15) is 19.2 Å². The molecule has 2 fully saturated rings. The second kappa shape index (κ2) is 12.8. The number of carbonyl (C=O) groups is 4. The molecule has 2 aromatic rings. The van der Waals surface area contributed by atoms with Crippen LogP contribution in [-0.4, -0.2) is 54.9 Å². The van der Waals surface area contributed by atoms with E-state index in [0.29, 0.717) is 17.0 Å². The number of halogens is 1. The predicted octanol–water partition coefficient (Wildman–Crippen LogP) is 4.61. The summed E-state index contributed by atoms with van der Waals surface area (Å²) in [5.74, 6) is -3.13. The molecule has 0 bridgehead atoms. The lowest BCUT2D eigenvalue weighted by molar-refractivity contribution is -0.254. The third-order valence-electron chi connectivity index (χ3n) is 6.65. The summed E-state index contributed by atoms with van der Waals surface area (Å²) in [5, 5.41) is 0.502. The lowest BCUT2D eigenvalue weighted by Crippen LogP contribution is -2.59. The van der Waals surface area contributed by atoms with Gasteiger partial charge >= 0.3 is 23.9 Å². The molecule has 4 rings (SSSR count). The number of rotatable bonds is 9. The lowest BCUT2D eigenvalue weighted by Gasteiger charge is -2.44. The predicted molar refractivity (Wildman–Crippen MR) is 144 cm³/mol. The number of carbonyl (C=O) groups excluding carboxylic acids is 4. The van der Waals surface area contributed by atoms with Gasteiger partial charge in [0.25, 0.3) is 0 Å². The lowest BCUT2D eigenvalue weighted by atomic mass is 9.89. The zero-order valence-electron chi connectivity index (χ0n) is 23.8. The molecule has 0 unspecified atom stereocenters. The van der Waals surface area contributed by atoms with Crippen LogP contribution in [-0.2, 0) is 49.3 Å². The molecule has 0 amide bonds. The first-order valence-corrected chi connectivity index (χ1v) is 13.4. The van der Waals surface area contributed by atoms with Crippen molar-refractivity contribution in [3.05, 3.63) is 69.7 Å². The summed E-state index contributed by atoms with van der Waals surface area (Å²) < 4.78 is 36.4. The summed E-state index contributed by atoms with van der Waals surface area (Å²) in [6.45, 7) is 4.47. The van der Waals surface area contributed by atoms with Crippen molar-refractivity contribution in [2.45, 2.75) is 83.4 Å². The van der Waals surface area contributed by atoms with Gasteiger partial charge in [-0.25, -0.2) is 0 Å². The van der Waals surface area contributed by atoms with Gasteiger partial charge in [0.15, 0.2) is 18.3 Å². The average Bonchev–Trinajstić information content (AvgIpc) is 3.64. The van der Waals surface area contributed by atoms with Crippen molar-refractivity contribution >= 4 is 35.5 Å². The van der Waals surface area contributed by atoms with Gasteiger partial charge in [0.05, 0.1) is 0 Å². The van der Waals surface area contributed by atoms with E-state index < -0.39 is 60.3 Å². The molecule has 40 heavy (non-hydrogen) atoms. The van der Waals surface area contributed by atoms with E-state index in [1.165, 1.54) is 27.7 Å². The first-order valence-electron chi connectivity index (χ1n) is 13.5. The van der Waals surface area contributed by atoms with Crippen molar-refractivity contribution in [3.8, 4) is 0 Å². The molecule has 1 aliphatic heterocycles. The van der Waals surface area contributed by atoms with E-state index in [4.69, 9.17) is 36.7 Å². The minimum atomic E-state index is -1.26. The molecule has 9 nitrogen and oxygen atoms in total. The molecule has 1 heterocycles. The molecular formula is C30H33ClO9. The molecule has 0 spiro atoms. The maximum Gasteiger partial charge on any atom is 0.303 e. The van der Waals surface area contributed by atoms with Gasteiger partial charge in [-0.1, -0.05) is 48.0 Å². The zero-order chi connectivity index (χ0) is 29.9. The Kier molecular flexibility index (Phi) is 9.01. The van der Waals surface area contributed by atoms with Crippen molar-refractivity contribution in [1.29, 1.82) is 0 Å². The highest BCUT2D eigenvalue weighted by atomic mass is 35.5. The maximum atomic E-state index is 12.2. The smallest absolute Gasteiger partial charge is 0.303 e. The fourth-order valence-corrected chi connectivity index (χ4v) is 5.02. The van der Waals surface area contributed by atoms with Crippen LogP contribution in [0.2, 0.25) is 5.02 Å². The van der Waals surface area contributed by atoms with Crippen LogP contribution in [0, 0.1) is 0 Å². The maximum absolute atomic E-state index is 12.2. The normalized spacial score (nSPS) is 25.2. The van der Waals surface area contributed by atoms with Gasteiger partial charge in [-0.2, -0.15) is 0 Å². The SMILES string of the molecule is [2H]C1(c2ccc(Cc3cc([C@@H]4O[C@H](COC(C)=O)[C@@H](OC(C)=O)[C@H](OC(C)=O)[C@H]4OC(C)=O)ccc3Cl)cc2)CC1. The highest BCUT2D eigenvalue weighted by Crippen LogP contribution is 2.41. The fourth-order valence-electron chi connectivity index (χ4n) is 4.83. The average molecular weight is 574 g/mol. The van der Waals surface area contributed by atoms with Crippen molar-refractivity contribution < 1.29 is 44.2 Å². The number of ether oxygens (including phenoxy) is 5. The molecule has 1 saturated carbocycles. The molecular weight excluding hydrogens is 540 g/mol. The summed E-state index contributed by atoms with van der Waals surface area (Å²) >= 11 is 6.57. The monoisotopic (exact) mass is 573 g/mol. The van der Waals surface area contributed by atoms with Crippen LogP contribution >= 0.6 is 11.6 Å². The summed E-state index contributed by atoms with van der Waals surface area (Å²) in [4.78, 5) is 47.9. The Morgan fingerprint density at radius 3 is 1.98 bits per heavy atom. The largest absolute Gasteiger partial charge is 0.463 e. The Hall–Kier alpha value is -3.43. The Bertz CT molecular complexity index is 1310. The minimum absolute atomic E-state index is 0.307. The number of hydrogen-bond acceptors (Lipinski definition) is 9. The molecule has 0 N–H and O–H groups in total. The van der Waals surface area contributed by atoms with Crippen LogP contribution in [0.3, 0.4) is 0 Å². The summed E-state index contributed by atoms with van der Waals surface area (Å²) in [6, 6.07) is 13.1. The van der Waals surface area contributed by atoms with E-state index in [1.54, 1.807) is 12.1 Å².